The third-order valence-electron chi connectivity index (χ3n) is 6.59. The fourth-order valence-corrected chi connectivity index (χ4v) is 7.19. The molecule has 0 aliphatic carbocycles. The van der Waals surface area contributed by atoms with Gasteiger partial charge in [0, 0.05) is 35.4 Å². The zero-order chi connectivity index (χ0) is 34.5. The number of benzene rings is 4. The summed E-state index contributed by atoms with van der Waals surface area (Å²) in [7, 11) is -13.1. The summed E-state index contributed by atoms with van der Waals surface area (Å²) in [5.41, 5.74) is 6.64. The molecule has 2 aromatic heterocycles. The average Bonchev–Trinajstić information content (AvgIpc) is 3.53. The molecule has 0 amide bonds. The largest absolute Gasteiger partial charge is 0.267 e. The number of hydrogen-bond acceptors (Lipinski definition) is 11. The van der Waals surface area contributed by atoms with Crippen molar-refractivity contribution < 1.29 is 50.3 Å². The number of nitrogens with zero attached hydrogens (tertiary/aromatic N) is 3. The lowest BCUT2D eigenvalue weighted by molar-refractivity contribution is -2.00. The molecule has 0 saturated heterocycles. The van der Waals surface area contributed by atoms with E-state index < -0.39 is 34.6 Å². The van der Waals surface area contributed by atoms with Crippen molar-refractivity contribution in [3.8, 4) is 39.3 Å². The summed E-state index contributed by atoms with van der Waals surface area (Å²) in [4.78, 5) is -0.0346. The third-order valence-corrected chi connectivity index (χ3v) is 10.2. The summed E-state index contributed by atoms with van der Waals surface area (Å²) in [6, 6.07) is 40.8. The number of halogens is 1. The Labute approximate surface area is 281 Å². The number of pyridine rings is 1. The Morgan fingerprint density at radius 3 is 1.48 bits per heavy atom. The molecule has 6 aromatic rings. The molecule has 0 saturated carbocycles. The Kier molecular flexibility index (Phi) is 10.3. The van der Waals surface area contributed by atoms with Gasteiger partial charge in [0.2, 0.25) is 26.5 Å². The molecule has 0 bridgehead atoms. The molecule has 0 atom stereocenters. The van der Waals surface area contributed by atoms with E-state index in [0.717, 1.165) is 39.3 Å². The normalized spacial score (nSPS) is 11.8. The Balaban J connectivity index is 0.000000840. The molecule has 48 heavy (non-hydrogen) atoms. The average molecular weight is 726 g/mol. The van der Waals surface area contributed by atoms with Crippen LogP contribution in [0.5, 0.6) is 0 Å². The van der Waals surface area contributed by atoms with E-state index in [1.54, 1.807) is 12.1 Å². The highest BCUT2D eigenvalue weighted by molar-refractivity contribution is 7.93. The first-order valence-electron chi connectivity index (χ1n) is 13.6. The number of nitrogens with one attached hydrogen (secondary N) is 1. The first kappa shape index (κ1) is 34.7. The van der Waals surface area contributed by atoms with Gasteiger partial charge in [-0.25, -0.2) is 40.6 Å². The Morgan fingerprint density at radius 2 is 1.06 bits per heavy atom. The van der Waals surface area contributed by atoms with Crippen molar-refractivity contribution in [3.05, 3.63) is 127 Å². The summed E-state index contributed by atoms with van der Waals surface area (Å²) in [5, 5.41) is 11.9. The van der Waals surface area contributed by atoms with Gasteiger partial charge < -0.3 is 0 Å². The first-order valence-corrected chi connectivity index (χ1v) is 18.6. The van der Waals surface area contributed by atoms with E-state index in [1.807, 2.05) is 78.9 Å². The second-order valence-corrected chi connectivity index (χ2v) is 15.0. The van der Waals surface area contributed by atoms with Crippen LogP contribution in [0.15, 0.2) is 137 Å². The number of primary sulfonamides is 1. The zero-order valence-corrected chi connectivity index (χ0v) is 27.6. The van der Waals surface area contributed by atoms with E-state index in [4.69, 9.17) is 23.8 Å². The highest BCUT2D eigenvalue weighted by Gasteiger charge is 2.26. The van der Waals surface area contributed by atoms with Crippen LogP contribution in [0.1, 0.15) is 0 Å². The van der Waals surface area contributed by atoms with Crippen molar-refractivity contribution >= 4 is 36.5 Å². The van der Waals surface area contributed by atoms with Crippen LogP contribution in [0.4, 0.5) is 5.13 Å². The molecule has 17 heteroatoms. The molecule has 4 aromatic carbocycles. The summed E-state index contributed by atoms with van der Waals surface area (Å²) in [5.74, 6) is 0. The van der Waals surface area contributed by atoms with Crippen LogP contribution >= 0.6 is 11.3 Å². The molecular weight excluding hydrogens is 702 g/mol. The standard InChI is InChI=1S/C31H24N5O4S3.ClHO4/c32-42(37,38)31-34-33-30(41-31)35-43(39,40)27-18-16-26(17-19-27)36-28(23-12-6-2-7-13-23)20-25(22-10-4-1-5-11-22)21-29(36)24-14-8-3-9-15-24;2-1(3,4)5/h1-21H,(H,33,35)(H2,32,37,38);(H,2,3,4,5)/q+1;/p-1. The second-order valence-electron chi connectivity index (χ2n) is 9.84. The topological polar surface area (TPSA) is 228 Å². The van der Waals surface area contributed by atoms with Crippen molar-refractivity contribution in [3.63, 3.8) is 0 Å². The molecule has 0 aliphatic rings. The van der Waals surface area contributed by atoms with Gasteiger partial charge in [0.25, 0.3) is 20.0 Å². The molecule has 0 radical (unpaired) electrons. The molecular formula is C31H24ClN5O8S3. The van der Waals surface area contributed by atoms with Gasteiger partial charge in [0.15, 0.2) is 0 Å². The van der Waals surface area contributed by atoms with Crippen molar-refractivity contribution in [2.24, 2.45) is 5.14 Å². The Hall–Kier alpha value is -4.62. The molecule has 0 unspecified atom stereocenters. The third kappa shape index (κ3) is 8.84. The summed E-state index contributed by atoms with van der Waals surface area (Å²) < 4.78 is 87.2. The SMILES string of the molecule is NS(=O)(=O)c1nnc(NS(=O)(=O)c2ccc(-[n+]3c(-c4ccccc4)cc(-c4ccccc4)cc3-c3ccccc3)cc2)s1.[O-][Cl+3]([O-])([O-])[O-]. The van der Waals surface area contributed by atoms with E-state index >= 15 is 0 Å². The number of nitrogens with two attached hydrogens (primary N) is 1. The minimum atomic E-state index is -4.94. The van der Waals surface area contributed by atoms with Crippen LogP contribution in [-0.4, -0.2) is 27.0 Å². The highest BCUT2D eigenvalue weighted by Crippen LogP contribution is 2.31. The molecule has 13 nitrogen and oxygen atoms in total. The fourth-order valence-electron chi connectivity index (χ4n) is 4.63. The number of rotatable bonds is 8. The lowest BCUT2D eigenvalue weighted by Gasteiger charge is -2.17. The maximum Gasteiger partial charge on any atom is 0.267 e. The van der Waals surface area contributed by atoms with Gasteiger partial charge in [-0.2, -0.15) is 4.57 Å². The van der Waals surface area contributed by atoms with Gasteiger partial charge in [0.1, 0.15) is 0 Å². The quantitative estimate of drug-likeness (QED) is 0.207. The smallest absolute Gasteiger partial charge is 0.253 e. The minimum absolute atomic E-state index is 0.0346. The van der Waals surface area contributed by atoms with E-state index in [9.17, 15) is 16.8 Å². The van der Waals surface area contributed by atoms with Gasteiger partial charge in [0.05, 0.1) is 4.90 Å². The van der Waals surface area contributed by atoms with Gasteiger partial charge in [-0.15, -0.1) is 20.4 Å². The van der Waals surface area contributed by atoms with E-state index in [-0.39, 0.29) is 10.0 Å². The Bertz CT molecular complexity index is 2170. The van der Waals surface area contributed by atoms with Gasteiger partial charge in [-0.05, 0) is 47.5 Å². The molecule has 246 valence electrons. The predicted octanol–water partition coefficient (Wildman–Crippen LogP) is 0.508. The maximum atomic E-state index is 13.1. The lowest BCUT2D eigenvalue weighted by atomic mass is 9.98. The molecule has 2 heterocycles. The molecule has 0 aliphatic heterocycles. The van der Waals surface area contributed by atoms with Crippen molar-refractivity contribution in [2.75, 3.05) is 4.72 Å². The van der Waals surface area contributed by atoms with E-state index in [0.29, 0.717) is 11.3 Å². The first-order chi connectivity index (χ1) is 22.7. The van der Waals surface area contributed by atoms with Crippen LogP contribution in [0.3, 0.4) is 0 Å². The van der Waals surface area contributed by atoms with Crippen LogP contribution < -0.4 is 33.1 Å². The van der Waals surface area contributed by atoms with Crippen LogP contribution in [0.25, 0.3) is 39.3 Å². The fraction of sp³-hybridized carbons (Fsp3) is 0. The van der Waals surface area contributed by atoms with E-state index in [2.05, 4.69) is 43.8 Å². The molecule has 0 spiro atoms. The molecule has 0 fully saturated rings. The van der Waals surface area contributed by atoms with Crippen LogP contribution in [-0.2, 0) is 20.0 Å². The maximum absolute atomic E-state index is 13.1. The van der Waals surface area contributed by atoms with Gasteiger partial charge in [-0.3, -0.25) is 4.72 Å². The Morgan fingerprint density at radius 1 is 0.625 bits per heavy atom. The van der Waals surface area contributed by atoms with E-state index in [1.165, 1.54) is 12.1 Å². The lowest BCUT2D eigenvalue weighted by Crippen LogP contribution is -2.68. The van der Waals surface area contributed by atoms with Crippen molar-refractivity contribution in [1.82, 2.24) is 10.2 Å². The monoisotopic (exact) mass is 725 g/mol. The summed E-state index contributed by atoms with van der Waals surface area (Å²) >= 11 is 0.530. The highest BCUT2D eigenvalue weighted by atomic mass is 35.7. The number of anilines is 1. The van der Waals surface area contributed by atoms with Crippen molar-refractivity contribution in [1.29, 1.82) is 0 Å². The van der Waals surface area contributed by atoms with Crippen LogP contribution in [0, 0.1) is 10.2 Å². The van der Waals surface area contributed by atoms with Crippen molar-refractivity contribution in [2.45, 2.75) is 9.24 Å². The number of hydrogen-bond donors (Lipinski definition) is 2. The minimum Gasteiger partial charge on any atom is -0.253 e. The molecule has 6 rings (SSSR count). The van der Waals surface area contributed by atoms with Gasteiger partial charge >= 0.3 is 0 Å². The predicted molar refractivity (Wildman–Crippen MR) is 166 cm³/mol. The second kappa shape index (κ2) is 14.2. The number of sulfonamides is 2. The van der Waals surface area contributed by atoms with Crippen LogP contribution in [0.2, 0.25) is 0 Å². The zero-order valence-electron chi connectivity index (χ0n) is 24.4. The molecule has 3 N–H and O–H groups in total. The summed E-state index contributed by atoms with van der Waals surface area (Å²) in [6.45, 7) is 0. The number of aromatic nitrogens is 3. The summed E-state index contributed by atoms with van der Waals surface area (Å²) in [6.07, 6.45) is 0. The van der Waals surface area contributed by atoms with Gasteiger partial charge in [-0.1, -0.05) is 78.1 Å².